The maximum Gasteiger partial charge on any atom is 0.355 e. The van der Waals surface area contributed by atoms with Gasteiger partial charge in [-0.05, 0) is 12.3 Å². The molecule has 1 N–H and O–H groups in total. The second-order valence-corrected chi connectivity index (χ2v) is 5.22. The van der Waals surface area contributed by atoms with Crippen molar-refractivity contribution in [3.8, 4) is 0 Å². The van der Waals surface area contributed by atoms with E-state index in [9.17, 15) is 4.79 Å². The zero-order valence-corrected chi connectivity index (χ0v) is 10.2. The molecule has 0 radical (unpaired) electrons. The second kappa shape index (κ2) is 4.93. The van der Waals surface area contributed by atoms with E-state index in [0.717, 1.165) is 30.6 Å². The van der Waals surface area contributed by atoms with Crippen LogP contribution in [0, 0.1) is 5.92 Å². The van der Waals surface area contributed by atoms with Gasteiger partial charge in [-0.3, -0.25) is 4.90 Å². The number of carboxylic acid groups (broad SMARTS) is 1. The van der Waals surface area contributed by atoms with Gasteiger partial charge in [0, 0.05) is 18.5 Å². The molecule has 1 aromatic heterocycles. The quantitative estimate of drug-likeness (QED) is 0.856. The third kappa shape index (κ3) is 2.59. The molecule has 1 aromatic rings. The van der Waals surface area contributed by atoms with Crippen LogP contribution >= 0.6 is 11.3 Å². The Morgan fingerprint density at radius 2 is 2.44 bits per heavy atom. The van der Waals surface area contributed by atoms with E-state index < -0.39 is 5.97 Å². The molecule has 0 unspecified atom stereocenters. The molecule has 1 aliphatic rings. The summed E-state index contributed by atoms with van der Waals surface area (Å²) in [7, 11) is 0. The minimum absolute atomic E-state index is 0.172. The monoisotopic (exact) mass is 240 g/mol. The fourth-order valence-electron chi connectivity index (χ4n) is 2.07. The Kier molecular flexibility index (Phi) is 3.56. The van der Waals surface area contributed by atoms with Crippen LogP contribution in [0.25, 0.3) is 0 Å². The summed E-state index contributed by atoms with van der Waals surface area (Å²) in [5.41, 5.74) is 0.172. The number of carbonyl (C=O) groups is 1. The summed E-state index contributed by atoms with van der Waals surface area (Å²) in [6, 6.07) is 0. The van der Waals surface area contributed by atoms with Crippen molar-refractivity contribution in [3.05, 3.63) is 16.1 Å². The van der Waals surface area contributed by atoms with Crippen molar-refractivity contribution in [1.29, 1.82) is 0 Å². The molecule has 0 saturated carbocycles. The Hall–Kier alpha value is -0.940. The molecule has 2 rings (SSSR count). The van der Waals surface area contributed by atoms with Crippen LogP contribution in [0.1, 0.15) is 35.3 Å². The highest BCUT2D eigenvalue weighted by molar-refractivity contribution is 7.09. The van der Waals surface area contributed by atoms with E-state index in [0.29, 0.717) is 0 Å². The first-order valence-corrected chi connectivity index (χ1v) is 6.47. The number of nitrogens with zero attached hydrogens (tertiary/aromatic N) is 2. The second-order valence-electron chi connectivity index (χ2n) is 4.28. The molecule has 0 bridgehead atoms. The van der Waals surface area contributed by atoms with Gasteiger partial charge in [0.15, 0.2) is 5.69 Å². The van der Waals surface area contributed by atoms with E-state index in [-0.39, 0.29) is 5.69 Å². The molecule has 0 atom stereocenters. The highest BCUT2D eigenvalue weighted by atomic mass is 32.1. The lowest BCUT2D eigenvalue weighted by Crippen LogP contribution is -2.45. The Morgan fingerprint density at radius 3 is 3.00 bits per heavy atom. The van der Waals surface area contributed by atoms with Crippen LogP contribution in [-0.2, 0) is 6.54 Å². The van der Waals surface area contributed by atoms with E-state index in [4.69, 9.17) is 5.11 Å². The first-order valence-electron chi connectivity index (χ1n) is 5.59. The molecule has 2 heterocycles. The maximum absolute atomic E-state index is 10.7. The lowest BCUT2D eigenvalue weighted by atomic mass is 9.95. The van der Waals surface area contributed by atoms with E-state index in [2.05, 4.69) is 16.8 Å². The Morgan fingerprint density at radius 1 is 1.69 bits per heavy atom. The van der Waals surface area contributed by atoms with Crippen LogP contribution in [0.3, 0.4) is 0 Å². The molecular formula is C11H16N2O2S. The summed E-state index contributed by atoms with van der Waals surface area (Å²) in [6.07, 6.45) is 2.55. The summed E-state index contributed by atoms with van der Waals surface area (Å²) in [5.74, 6) is -0.0983. The van der Waals surface area contributed by atoms with Crippen LogP contribution in [0.2, 0.25) is 0 Å². The van der Waals surface area contributed by atoms with Crippen molar-refractivity contribution in [1.82, 2.24) is 9.88 Å². The van der Waals surface area contributed by atoms with E-state index >= 15 is 0 Å². The topological polar surface area (TPSA) is 53.4 Å². The average Bonchev–Trinajstić information content (AvgIpc) is 2.63. The van der Waals surface area contributed by atoms with Crippen molar-refractivity contribution in [2.75, 3.05) is 13.1 Å². The number of aromatic nitrogens is 1. The zero-order chi connectivity index (χ0) is 11.5. The van der Waals surface area contributed by atoms with Crippen molar-refractivity contribution >= 4 is 17.3 Å². The number of aromatic carboxylic acids is 1. The third-order valence-corrected chi connectivity index (χ3v) is 3.69. The van der Waals surface area contributed by atoms with Gasteiger partial charge in [-0.2, -0.15) is 0 Å². The Bertz CT molecular complexity index is 372. The number of thiazole rings is 1. The van der Waals surface area contributed by atoms with Crippen molar-refractivity contribution < 1.29 is 9.90 Å². The van der Waals surface area contributed by atoms with E-state index in [1.807, 2.05) is 0 Å². The molecule has 0 aromatic carbocycles. The van der Waals surface area contributed by atoms with Gasteiger partial charge >= 0.3 is 5.97 Å². The lowest BCUT2D eigenvalue weighted by molar-refractivity contribution is 0.0688. The van der Waals surface area contributed by atoms with Crippen LogP contribution in [-0.4, -0.2) is 34.0 Å². The molecule has 1 saturated heterocycles. The van der Waals surface area contributed by atoms with Gasteiger partial charge in [-0.25, -0.2) is 9.78 Å². The van der Waals surface area contributed by atoms with Crippen molar-refractivity contribution in [2.45, 2.75) is 26.3 Å². The number of likely N-dealkylation sites (tertiary alicyclic amines) is 1. The van der Waals surface area contributed by atoms with Gasteiger partial charge in [0.25, 0.3) is 0 Å². The van der Waals surface area contributed by atoms with Crippen molar-refractivity contribution in [3.63, 3.8) is 0 Å². The summed E-state index contributed by atoms with van der Waals surface area (Å²) >= 11 is 1.44. The lowest BCUT2D eigenvalue weighted by Gasteiger charge is -2.38. The summed E-state index contributed by atoms with van der Waals surface area (Å²) in [5, 5.41) is 11.3. The molecule has 4 nitrogen and oxygen atoms in total. The molecule has 0 spiro atoms. The number of hydrogen-bond donors (Lipinski definition) is 1. The molecule has 16 heavy (non-hydrogen) atoms. The molecule has 1 fully saturated rings. The number of rotatable bonds is 5. The molecule has 1 aliphatic heterocycles. The Labute approximate surface area is 98.9 Å². The summed E-state index contributed by atoms with van der Waals surface area (Å²) < 4.78 is 0. The maximum atomic E-state index is 10.7. The minimum atomic E-state index is -0.935. The largest absolute Gasteiger partial charge is 0.476 e. The standard InChI is InChI=1S/C11H16N2O2S/c1-2-3-8-4-13(5-8)6-10-12-9(7-16-10)11(14)15/h7-8H,2-6H2,1H3,(H,14,15). The number of hydrogen-bond acceptors (Lipinski definition) is 4. The highest BCUT2D eigenvalue weighted by Gasteiger charge is 2.26. The molecular weight excluding hydrogens is 224 g/mol. The predicted molar refractivity (Wildman–Crippen MR) is 62.7 cm³/mol. The van der Waals surface area contributed by atoms with Gasteiger partial charge in [-0.15, -0.1) is 11.3 Å². The fourth-order valence-corrected chi connectivity index (χ4v) is 2.88. The average molecular weight is 240 g/mol. The van der Waals surface area contributed by atoms with Gasteiger partial charge in [0.1, 0.15) is 5.01 Å². The van der Waals surface area contributed by atoms with Gasteiger partial charge in [0.2, 0.25) is 0 Å². The SMILES string of the molecule is CCCC1CN(Cc2nc(C(=O)O)cs2)C1. The zero-order valence-electron chi connectivity index (χ0n) is 9.35. The van der Waals surface area contributed by atoms with Crippen LogP contribution in [0.5, 0.6) is 0 Å². The van der Waals surface area contributed by atoms with Gasteiger partial charge in [-0.1, -0.05) is 13.3 Å². The molecule has 5 heteroatoms. The smallest absolute Gasteiger partial charge is 0.355 e. The third-order valence-electron chi connectivity index (χ3n) is 2.86. The van der Waals surface area contributed by atoms with Crippen molar-refractivity contribution in [2.24, 2.45) is 5.92 Å². The molecule has 0 aliphatic carbocycles. The molecule has 88 valence electrons. The van der Waals surface area contributed by atoms with Crippen LogP contribution < -0.4 is 0 Å². The number of carboxylic acids is 1. The first kappa shape index (κ1) is 11.5. The fraction of sp³-hybridized carbons (Fsp3) is 0.636. The minimum Gasteiger partial charge on any atom is -0.476 e. The summed E-state index contributed by atoms with van der Waals surface area (Å²) in [6.45, 7) is 5.28. The highest BCUT2D eigenvalue weighted by Crippen LogP contribution is 2.23. The summed E-state index contributed by atoms with van der Waals surface area (Å²) in [4.78, 5) is 17.1. The predicted octanol–water partition coefficient (Wildman–Crippen LogP) is 2.07. The Balaban J connectivity index is 1.80. The van der Waals surface area contributed by atoms with Crippen LogP contribution in [0.4, 0.5) is 0 Å². The molecule has 0 amide bonds. The first-order chi connectivity index (χ1) is 7.69. The van der Waals surface area contributed by atoms with Crippen LogP contribution in [0.15, 0.2) is 5.38 Å². The van der Waals surface area contributed by atoms with E-state index in [1.165, 1.54) is 24.2 Å². The van der Waals surface area contributed by atoms with Gasteiger partial charge in [0.05, 0.1) is 6.54 Å². The van der Waals surface area contributed by atoms with E-state index in [1.54, 1.807) is 5.38 Å². The van der Waals surface area contributed by atoms with Gasteiger partial charge < -0.3 is 5.11 Å². The normalized spacial score (nSPS) is 17.3.